The highest BCUT2D eigenvalue weighted by Gasteiger charge is 2.27. The van der Waals surface area contributed by atoms with Gasteiger partial charge >= 0.3 is 0 Å². The summed E-state index contributed by atoms with van der Waals surface area (Å²) >= 11 is 6.16. The van der Waals surface area contributed by atoms with Gasteiger partial charge in [0.1, 0.15) is 0 Å². The first-order valence-corrected chi connectivity index (χ1v) is 5.32. The van der Waals surface area contributed by atoms with Crippen molar-refractivity contribution in [2.24, 2.45) is 5.73 Å². The van der Waals surface area contributed by atoms with Crippen LogP contribution in [0.2, 0.25) is 5.02 Å². The van der Waals surface area contributed by atoms with E-state index < -0.39 is 0 Å². The van der Waals surface area contributed by atoms with E-state index in [1.54, 1.807) is 0 Å². The summed E-state index contributed by atoms with van der Waals surface area (Å²) in [5, 5.41) is 0.851. The third-order valence-corrected chi connectivity index (χ3v) is 3.23. The third kappa shape index (κ3) is 1.49. The highest BCUT2D eigenvalue weighted by Crippen LogP contribution is 2.37. The zero-order valence-corrected chi connectivity index (χ0v) is 9.09. The van der Waals surface area contributed by atoms with Gasteiger partial charge in [-0.1, -0.05) is 23.7 Å². The Balaban J connectivity index is 2.31. The number of fused-ring (bicyclic) bond motifs is 1. The van der Waals surface area contributed by atoms with Gasteiger partial charge in [-0.25, -0.2) is 0 Å². The van der Waals surface area contributed by atoms with E-state index in [4.69, 9.17) is 17.3 Å². The Morgan fingerprint density at radius 2 is 2.36 bits per heavy atom. The lowest BCUT2D eigenvalue weighted by molar-refractivity contribution is 0.617. The Kier molecular flexibility index (Phi) is 2.66. The maximum absolute atomic E-state index is 6.16. The zero-order valence-electron chi connectivity index (χ0n) is 8.33. The summed E-state index contributed by atoms with van der Waals surface area (Å²) in [5.41, 5.74) is 8.12. The normalized spacial score (nSPS) is 19.9. The third-order valence-electron chi connectivity index (χ3n) is 2.93. The Labute approximate surface area is 89.7 Å². The molecule has 14 heavy (non-hydrogen) atoms. The molecule has 1 unspecified atom stereocenters. The molecular formula is C11H15ClN2. The summed E-state index contributed by atoms with van der Waals surface area (Å²) in [7, 11) is 2.10. The fraction of sp³-hybridized carbons (Fsp3) is 0.455. The smallest absolute Gasteiger partial charge is 0.0642 e. The van der Waals surface area contributed by atoms with Gasteiger partial charge < -0.3 is 10.6 Å². The molecule has 0 amide bonds. The summed E-state index contributed by atoms with van der Waals surface area (Å²) in [6.45, 7) is 0.737. The molecule has 0 aliphatic carbocycles. The van der Waals surface area contributed by atoms with Crippen LogP contribution in [0.4, 0.5) is 5.69 Å². The van der Waals surface area contributed by atoms with Crippen molar-refractivity contribution < 1.29 is 0 Å². The van der Waals surface area contributed by atoms with Crippen LogP contribution in [0.3, 0.4) is 0 Å². The van der Waals surface area contributed by atoms with Gasteiger partial charge in [0.25, 0.3) is 0 Å². The van der Waals surface area contributed by atoms with Gasteiger partial charge in [0.15, 0.2) is 0 Å². The topological polar surface area (TPSA) is 29.3 Å². The van der Waals surface area contributed by atoms with Crippen LogP contribution in [0, 0.1) is 0 Å². The number of rotatable bonds is 2. The first-order valence-electron chi connectivity index (χ1n) is 4.94. The molecule has 0 saturated heterocycles. The van der Waals surface area contributed by atoms with Gasteiger partial charge in [-0.2, -0.15) is 0 Å². The van der Waals surface area contributed by atoms with Crippen molar-refractivity contribution in [2.75, 3.05) is 18.5 Å². The Bertz CT molecular complexity index is 338. The van der Waals surface area contributed by atoms with Crippen molar-refractivity contribution in [1.29, 1.82) is 0 Å². The van der Waals surface area contributed by atoms with Crippen LogP contribution >= 0.6 is 11.6 Å². The van der Waals surface area contributed by atoms with E-state index in [9.17, 15) is 0 Å². The van der Waals surface area contributed by atoms with E-state index >= 15 is 0 Å². The fourth-order valence-corrected chi connectivity index (χ4v) is 2.51. The number of nitrogens with zero attached hydrogens (tertiary/aromatic N) is 1. The number of hydrogen-bond acceptors (Lipinski definition) is 2. The molecule has 76 valence electrons. The molecule has 2 N–H and O–H groups in total. The Morgan fingerprint density at radius 3 is 3.00 bits per heavy atom. The molecule has 0 spiro atoms. The number of likely N-dealkylation sites (N-methyl/N-ethyl adjacent to an activating group) is 1. The number of para-hydroxylation sites is 1. The van der Waals surface area contributed by atoms with Gasteiger partial charge in [0.05, 0.1) is 10.7 Å². The Morgan fingerprint density at radius 1 is 1.57 bits per heavy atom. The second-order valence-electron chi connectivity index (χ2n) is 3.79. The van der Waals surface area contributed by atoms with Crippen LogP contribution in [0.25, 0.3) is 0 Å². The molecule has 0 bridgehead atoms. The summed E-state index contributed by atoms with van der Waals surface area (Å²) in [6, 6.07) is 6.63. The van der Waals surface area contributed by atoms with Crippen LogP contribution in [0.15, 0.2) is 18.2 Å². The molecule has 0 fully saturated rings. The molecular weight excluding hydrogens is 196 g/mol. The van der Waals surface area contributed by atoms with Crippen LogP contribution in [-0.2, 0) is 6.42 Å². The predicted octanol–water partition coefficient (Wildman–Crippen LogP) is 2.05. The number of halogens is 1. The summed E-state index contributed by atoms with van der Waals surface area (Å²) in [4.78, 5) is 2.25. The standard InChI is InChI=1S/C11H15ClN2/c1-14-9(5-6-13)7-8-3-2-4-10(12)11(8)14/h2-4,9H,5-7,13H2,1H3. The van der Waals surface area contributed by atoms with Crippen LogP contribution in [0.1, 0.15) is 12.0 Å². The monoisotopic (exact) mass is 210 g/mol. The second-order valence-corrected chi connectivity index (χ2v) is 4.20. The Hall–Kier alpha value is -0.730. The number of benzene rings is 1. The molecule has 1 aliphatic heterocycles. The molecule has 2 nitrogen and oxygen atoms in total. The van der Waals surface area contributed by atoms with E-state index in [1.165, 1.54) is 11.3 Å². The van der Waals surface area contributed by atoms with Crippen molar-refractivity contribution in [3.63, 3.8) is 0 Å². The first kappa shape index (κ1) is 9.81. The lowest BCUT2D eigenvalue weighted by Gasteiger charge is -2.22. The molecule has 2 rings (SSSR count). The van der Waals surface area contributed by atoms with E-state index in [2.05, 4.69) is 18.0 Å². The van der Waals surface area contributed by atoms with E-state index in [0.717, 1.165) is 24.4 Å². The number of hydrogen-bond donors (Lipinski definition) is 1. The molecule has 1 heterocycles. The van der Waals surface area contributed by atoms with E-state index in [1.807, 2.05) is 12.1 Å². The molecule has 1 aromatic rings. The summed E-state index contributed by atoms with van der Waals surface area (Å²) in [6.07, 6.45) is 2.10. The second kappa shape index (κ2) is 3.79. The summed E-state index contributed by atoms with van der Waals surface area (Å²) < 4.78 is 0. The SMILES string of the molecule is CN1c2c(Cl)cccc2CC1CCN. The van der Waals surface area contributed by atoms with Crippen molar-refractivity contribution >= 4 is 17.3 Å². The van der Waals surface area contributed by atoms with E-state index in [0.29, 0.717) is 6.04 Å². The molecule has 1 aliphatic rings. The molecule has 0 aromatic heterocycles. The maximum Gasteiger partial charge on any atom is 0.0642 e. The lowest BCUT2D eigenvalue weighted by Crippen LogP contribution is -2.30. The highest BCUT2D eigenvalue weighted by atomic mass is 35.5. The highest BCUT2D eigenvalue weighted by molar-refractivity contribution is 6.33. The molecule has 0 radical (unpaired) electrons. The van der Waals surface area contributed by atoms with Crippen molar-refractivity contribution in [1.82, 2.24) is 0 Å². The van der Waals surface area contributed by atoms with Gasteiger partial charge in [-0.15, -0.1) is 0 Å². The number of anilines is 1. The van der Waals surface area contributed by atoms with Crippen molar-refractivity contribution in [2.45, 2.75) is 18.9 Å². The molecule has 1 aromatic carbocycles. The van der Waals surface area contributed by atoms with Gasteiger partial charge in [-0.05, 0) is 31.0 Å². The minimum atomic E-state index is 0.523. The van der Waals surface area contributed by atoms with Crippen LogP contribution in [-0.4, -0.2) is 19.6 Å². The molecule has 1 atom stereocenters. The van der Waals surface area contributed by atoms with Crippen molar-refractivity contribution in [3.05, 3.63) is 28.8 Å². The van der Waals surface area contributed by atoms with E-state index in [-0.39, 0.29) is 0 Å². The van der Waals surface area contributed by atoms with Crippen molar-refractivity contribution in [3.8, 4) is 0 Å². The lowest BCUT2D eigenvalue weighted by atomic mass is 10.1. The first-order chi connectivity index (χ1) is 6.74. The maximum atomic E-state index is 6.16. The predicted molar refractivity (Wildman–Crippen MR) is 61.0 cm³/mol. The average molecular weight is 211 g/mol. The number of nitrogens with two attached hydrogens (primary N) is 1. The largest absolute Gasteiger partial charge is 0.370 e. The van der Waals surface area contributed by atoms with Crippen LogP contribution in [0.5, 0.6) is 0 Å². The van der Waals surface area contributed by atoms with Crippen LogP contribution < -0.4 is 10.6 Å². The zero-order chi connectivity index (χ0) is 10.1. The molecule has 3 heteroatoms. The van der Waals surface area contributed by atoms with Gasteiger partial charge in [0, 0.05) is 13.1 Å². The molecule has 0 saturated carbocycles. The minimum Gasteiger partial charge on any atom is -0.370 e. The minimum absolute atomic E-state index is 0.523. The fourth-order valence-electron chi connectivity index (χ4n) is 2.18. The quantitative estimate of drug-likeness (QED) is 0.810. The van der Waals surface area contributed by atoms with Gasteiger partial charge in [-0.3, -0.25) is 0 Å². The van der Waals surface area contributed by atoms with Gasteiger partial charge in [0.2, 0.25) is 0 Å². The summed E-state index contributed by atoms with van der Waals surface area (Å²) in [5.74, 6) is 0. The average Bonchev–Trinajstić information content (AvgIpc) is 2.46.